The lowest BCUT2D eigenvalue weighted by atomic mass is 10.3. The van der Waals surface area contributed by atoms with Gasteiger partial charge in [0.15, 0.2) is 18.2 Å². The van der Waals surface area contributed by atoms with E-state index in [2.05, 4.69) is 15.4 Å². The van der Waals surface area contributed by atoms with E-state index in [0.29, 0.717) is 0 Å². The van der Waals surface area contributed by atoms with Crippen LogP contribution >= 0.6 is 0 Å². The second-order valence-corrected chi connectivity index (χ2v) is 3.97. The van der Waals surface area contributed by atoms with Crippen molar-refractivity contribution in [2.24, 2.45) is 0 Å². The minimum absolute atomic E-state index is 0.0607. The lowest BCUT2D eigenvalue weighted by Gasteiger charge is -2.07. The molecule has 8 heteroatoms. The number of amides is 2. The summed E-state index contributed by atoms with van der Waals surface area (Å²) in [6.45, 7) is 0.710. The third-order valence-electron chi connectivity index (χ3n) is 2.30. The van der Waals surface area contributed by atoms with Crippen molar-refractivity contribution in [2.75, 3.05) is 18.5 Å². The first-order valence-corrected chi connectivity index (χ1v) is 6.09. The van der Waals surface area contributed by atoms with E-state index >= 15 is 0 Å². The van der Waals surface area contributed by atoms with Crippen LogP contribution in [-0.2, 0) is 19.1 Å². The molecular formula is C13H14F2N2O4. The van der Waals surface area contributed by atoms with Crippen LogP contribution in [0, 0.1) is 11.6 Å². The Kier molecular flexibility index (Phi) is 6.25. The van der Waals surface area contributed by atoms with Gasteiger partial charge >= 0.3 is 5.97 Å². The number of anilines is 1. The summed E-state index contributed by atoms with van der Waals surface area (Å²) in [6.07, 6.45) is 0.143. The van der Waals surface area contributed by atoms with Gasteiger partial charge in [-0.1, -0.05) is 6.92 Å². The molecule has 1 rings (SSSR count). The van der Waals surface area contributed by atoms with Crippen LogP contribution in [0.25, 0.3) is 0 Å². The molecule has 0 atom stereocenters. The van der Waals surface area contributed by atoms with Gasteiger partial charge in [-0.15, -0.1) is 0 Å². The second-order valence-electron chi connectivity index (χ2n) is 3.97. The zero-order valence-corrected chi connectivity index (χ0v) is 11.2. The molecule has 0 aromatic heterocycles. The number of ether oxygens (including phenoxy) is 1. The van der Waals surface area contributed by atoms with Crippen molar-refractivity contribution in [1.82, 2.24) is 5.32 Å². The molecule has 1 aromatic rings. The molecule has 21 heavy (non-hydrogen) atoms. The first kappa shape index (κ1) is 16.5. The van der Waals surface area contributed by atoms with Gasteiger partial charge in [0, 0.05) is 18.2 Å². The summed E-state index contributed by atoms with van der Waals surface area (Å²) >= 11 is 0. The molecule has 0 bridgehead atoms. The Morgan fingerprint density at radius 1 is 1.14 bits per heavy atom. The standard InChI is InChI=1S/C13H14F2N2O4/c1-2-13(20)21-7-12(19)16-6-11(18)17-8-3-4-9(14)10(15)5-8/h3-5H,2,6-7H2,1H3,(H,16,19)(H,17,18). The van der Waals surface area contributed by atoms with Gasteiger partial charge in [0.1, 0.15) is 0 Å². The molecule has 2 amide bonds. The Morgan fingerprint density at radius 3 is 2.48 bits per heavy atom. The summed E-state index contributed by atoms with van der Waals surface area (Å²) in [5.74, 6) is -3.92. The van der Waals surface area contributed by atoms with E-state index in [1.807, 2.05) is 0 Å². The summed E-state index contributed by atoms with van der Waals surface area (Å²) in [5, 5.41) is 4.49. The molecule has 0 aliphatic carbocycles. The molecule has 114 valence electrons. The summed E-state index contributed by atoms with van der Waals surface area (Å²) in [5.41, 5.74) is 0.0607. The summed E-state index contributed by atoms with van der Waals surface area (Å²) in [6, 6.07) is 2.87. The number of nitrogens with one attached hydrogen (secondary N) is 2. The van der Waals surface area contributed by atoms with Gasteiger partial charge in [0.05, 0.1) is 6.54 Å². The zero-order chi connectivity index (χ0) is 15.8. The van der Waals surface area contributed by atoms with Crippen LogP contribution in [0.1, 0.15) is 13.3 Å². The number of carbonyl (C=O) groups excluding carboxylic acids is 3. The topological polar surface area (TPSA) is 84.5 Å². The van der Waals surface area contributed by atoms with Crippen LogP contribution < -0.4 is 10.6 Å². The first-order valence-electron chi connectivity index (χ1n) is 6.09. The van der Waals surface area contributed by atoms with Crippen LogP contribution in [0.3, 0.4) is 0 Å². The second kappa shape index (κ2) is 7.93. The number of hydrogen-bond acceptors (Lipinski definition) is 4. The molecule has 0 heterocycles. The highest BCUT2D eigenvalue weighted by Gasteiger charge is 2.09. The fourth-order valence-electron chi connectivity index (χ4n) is 1.26. The van der Waals surface area contributed by atoms with Gasteiger partial charge < -0.3 is 15.4 Å². The smallest absolute Gasteiger partial charge is 0.306 e. The highest BCUT2D eigenvalue weighted by Crippen LogP contribution is 2.12. The van der Waals surface area contributed by atoms with E-state index in [0.717, 1.165) is 12.1 Å². The van der Waals surface area contributed by atoms with Crippen LogP contribution in [0.2, 0.25) is 0 Å². The minimum Gasteiger partial charge on any atom is -0.456 e. The SMILES string of the molecule is CCC(=O)OCC(=O)NCC(=O)Nc1ccc(F)c(F)c1. The Bertz CT molecular complexity index is 549. The van der Waals surface area contributed by atoms with Crippen LogP contribution in [-0.4, -0.2) is 30.9 Å². The summed E-state index contributed by atoms with van der Waals surface area (Å²) in [4.78, 5) is 33.5. The molecular weight excluding hydrogens is 286 g/mol. The first-order chi connectivity index (χ1) is 9.92. The molecule has 0 spiro atoms. The highest BCUT2D eigenvalue weighted by molar-refractivity contribution is 5.94. The van der Waals surface area contributed by atoms with Gasteiger partial charge in [-0.05, 0) is 12.1 Å². The third kappa shape index (κ3) is 5.98. The fraction of sp³-hybridized carbons (Fsp3) is 0.308. The largest absolute Gasteiger partial charge is 0.456 e. The zero-order valence-electron chi connectivity index (χ0n) is 11.2. The maximum atomic E-state index is 12.9. The summed E-state index contributed by atoms with van der Waals surface area (Å²) in [7, 11) is 0. The molecule has 0 fully saturated rings. The number of halogens is 2. The number of esters is 1. The predicted octanol–water partition coefficient (Wildman–Crippen LogP) is 0.973. The van der Waals surface area contributed by atoms with Gasteiger partial charge in [-0.2, -0.15) is 0 Å². The predicted molar refractivity (Wildman–Crippen MR) is 69.2 cm³/mol. The van der Waals surface area contributed by atoms with Crippen molar-refractivity contribution in [1.29, 1.82) is 0 Å². The van der Waals surface area contributed by atoms with Crippen molar-refractivity contribution in [3.63, 3.8) is 0 Å². The third-order valence-corrected chi connectivity index (χ3v) is 2.30. The molecule has 0 unspecified atom stereocenters. The van der Waals surface area contributed by atoms with Crippen molar-refractivity contribution >= 4 is 23.5 Å². The average molecular weight is 300 g/mol. The molecule has 0 aliphatic rings. The molecule has 1 aromatic carbocycles. The van der Waals surface area contributed by atoms with E-state index in [9.17, 15) is 23.2 Å². The highest BCUT2D eigenvalue weighted by atomic mass is 19.2. The molecule has 2 N–H and O–H groups in total. The van der Waals surface area contributed by atoms with Gasteiger partial charge in [-0.25, -0.2) is 8.78 Å². The maximum absolute atomic E-state index is 12.9. The minimum atomic E-state index is -1.09. The van der Waals surface area contributed by atoms with Gasteiger partial charge in [0.25, 0.3) is 5.91 Å². The molecule has 0 aliphatic heterocycles. The van der Waals surface area contributed by atoms with Crippen LogP contribution in [0.5, 0.6) is 0 Å². The number of benzene rings is 1. The van der Waals surface area contributed by atoms with E-state index in [4.69, 9.17) is 0 Å². The van der Waals surface area contributed by atoms with Crippen molar-refractivity contribution < 1.29 is 27.9 Å². The quantitative estimate of drug-likeness (QED) is 0.767. The van der Waals surface area contributed by atoms with Crippen molar-refractivity contribution in [3.8, 4) is 0 Å². The van der Waals surface area contributed by atoms with E-state index in [-0.39, 0.29) is 18.7 Å². The van der Waals surface area contributed by atoms with Crippen molar-refractivity contribution in [2.45, 2.75) is 13.3 Å². The van der Waals surface area contributed by atoms with E-state index < -0.39 is 36.0 Å². The maximum Gasteiger partial charge on any atom is 0.306 e. The van der Waals surface area contributed by atoms with Crippen molar-refractivity contribution in [3.05, 3.63) is 29.8 Å². The van der Waals surface area contributed by atoms with E-state index in [1.165, 1.54) is 6.07 Å². The fourth-order valence-corrected chi connectivity index (χ4v) is 1.26. The molecule has 0 saturated carbocycles. The average Bonchev–Trinajstić information content (AvgIpc) is 2.46. The van der Waals surface area contributed by atoms with E-state index in [1.54, 1.807) is 6.92 Å². The Hall–Kier alpha value is -2.51. The monoisotopic (exact) mass is 300 g/mol. The Labute approximate surface area is 119 Å². The lowest BCUT2D eigenvalue weighted by molar-refractivity contribution is -0.148. The number of carbonyl (C=O) groups is 3. The molecule has 6 nitrogen and oxygen atoms in total. The number of rotatable bonds is 6. The van der Waals surface area contributed by atoms with Gasteiger partial charge in [0.2, 0.25) is 5.91 Å². The summed E-state index contributed by atoms with van der Waals surface area (Å²) < 4.78 is 30.2. The van der Waals surface area contributed by atoms with Crippen LogP contribution in [0.4, 0.5) is 14.5 Å². The molecule has 0 radical (unpaired) electrons. The van der Waals surface area contributed by atoms with Crippen LogP contribution in [0.15, 0.2) is 18.2 Å². The normalized spacial score (nSPS) is 9.86. The molecule has 0 saturated heterocycles. The van der Waals surface area contributed by atoms with Gasteiger partial charge in [-0.3, -0.25) is 14.4 Å². The number of hydrogen-bond donors (Lipinski definition) is 2. The lowest BCUT2D eigenvalue weighted by Crippen LogP contribution is -2.35. The Balaban J connectivity index is 2.35. The Morgan fingerprint density at radius 2 is 1.86 bits per heavy atom.